The number of carboxylic acid groups (broad SMARTS) is 1. The molecule has 9 heteroatoms. The lowest BCUT2D eigenvalue weighted by Gasteiger charge is -2.20. The summed E-state index contributed by atoms with van der Waals surface area (Å²) in [4.78, 5) is 24.7. The van der Waals surface area contributed by atoms with Gasteiger partial charge in [0, 0.05) is 19.6 Å². The highest BCUT2D eigenvalue weighted by Gasteiger charge is 2.42. The predicted octanol–water partition coefficient (Wildman–Crippen LogP) is 2.63. The Morgan fingerprint density at radius 1 is 1.32 bits per heavy atom. The molecule has 138 valence electrons. The molecule has 0 aliphatic carbocycles. The van der Waals surface area contributed by atoms with E-state index in [1.54, 1.807) is 19.1 Å². The first kappa shape index (κ1) is 18.9. The summed E-state index contributed by atoms with van der Waals surface area (Å²) in [5.74, 6) is -0.846. The van der Waals surface area contributed by atoms with Gasteiger partial charge in [0.05, 0.1) is 5.41 Å². The molecule has 0 bridgehead atoms. The Bertz CT molecular complexity index is 633. The van der Waals surface area contributed by atoms with Crippen LogP contribution in [0.15, 0.2) is 24.3 Å². The number of benzene rings is 1. The van der Waals surface area contributed by atoms with E-state index in [1.807, 2.05) is 0 Å². The van der Waals surface area contributed by atoms with Crippen molar-refractivity contribution in [2.45, 2.75) is 26.1 Å². The summed E-state index contributed by atoms with van der Waals surface area (Å²) < 4.78 is 40.8. The van der Waals surface area contributed by atoms with E-state index in [0.29, 0.717) is 18.5 Å². The molecule has 6 nitrogen and oxygen atoms in total. The number of ether oxygens (including phenoxy) is 1. The number of hydrogen-bond donors (Lipinski definition) is 2. The van der Waals surface area contributed by atoms with Gasteiger partial charge in [0.1, 0.15) is 5.75 Å². The molecule has 1 heterocycles. The quantitative estimate of drug-likeness (QED) is 0.846. The van der Waals surface area contributed by atoms with Gasteiger partial charge >= 0.3 is 18.2 Å². The molecule has 0 spiro atoms. The van der Waals surface area contributed by atoms with Crippen molar-refractivity contribution in [2.24, 2.45) is 5.41 Å². The summed E-state index contributed by atoms with van der Waals surface area (Å²) in [5.41, 5.74) is -0.248. The fourth-order valence-electron chi connectivity index (χ4n) is 2.47. The molecule has 2 N–H and O–H groups in total. The van der Waals surface area contributed by atoms with Crippen LogP contribution in [0.2, 0.25) is 0 Å². The molecule has 1 unspecified atom stereocenters. The van der Waals surface area contributed by atoms with Gasteiger partial charge < -0.3 is 20.1 Å². The standard InChI is InChI=1S/C16H19F3N2O4/c1-15(13(22)23)6-7-21(9-15)14(24)20-8-11-2-4-12(5-3-11)25-10-16(17,18)19/h2-5H,6-10H2,1H3,(H,20,24)(H,22,23). The normalized spacial score (nSPS) is 20.4. The molecule has 1 aliphatic heterocycles. The van der Waals surface area contributed by atoms with E-state index >= 15 is 0 Å². The zero-order valence-corrected chi connectivity index (χ0v) is 13.6. The lowest BCUT2D eigenvalue weighted by atomic mass is 9.90. The summed E-state index contributed by atoms with van der Waals surface area (Å²) in [6, 6.07) is 5.52. The largest absolute Gasteiger partial charge is 0.484 e. The molecule has 0 radical (unpaired) electrons. The third-order valence-electron chi connectivity index (χ3n) is 4.05. The van der Waals surface area contributed by atoms with Crippen molar-refractivity contribution in [2.75, 3.05) is 19.7 Å². The zero-order chi connectivity index (χ0) is 18.7. The molecule has 1 aromatic rings. The monoisotopic (exact) mass is 360 g/mol. The van der Waals surface area contributed by atoms with Crippen LogP contribution in [-0.2, 0) is 11.3 Å². The number of urea groups is 1. The van der Waals surface area contributed by atoms with Crippen LogP contribution in [-0.4, -0.2) is 47.9 Å². The summed E-state index contributed by atoms with van der Waals surface area (Å²) in [5, 5.41) is 11.8. The Hall–Kier alpha value is -2.45. The number of carbonyl (C=O) groups is 2. The Morgan fingerprint density at radius 2 is 1.96 bits per heavy atom. The second kappa shape index (κ2) is 7.20. The first-order valence-electron chi connectivity index (χ1n) is 7.64. The Balaban J connectivity index is 1.81. The number of nitrogens with zero attached hydrogens (tertiary/aromatic N) is 1. The average molecular weight is 360 g/mol. The molecule has 2 amide bonds. The molecule has 0 aromatic heterocycles. The molecule has 1 aliphatic rings. The topological polar surface area (TPSA) is 78.9 Å². The number of amides is 2. The molecule has 1 atom stereocenters. The predicted molar refractivity (Wildman–Crippen MR) is 82.2 cm³/mol. The van der Waals surface area contributed by atoms with E-state index in [1.165, 1.54) is 17.0 Å². The van der Waals surface area contributed by atoms with Gasteiger partial charge in [-0.05, 0) is 31.0 Å². The first-order chi connectivity index (χ1) is 11.6. The van der Waals surface area contributed by atoms with Gasteiger partial charge in [-0.3, -0.25) is 4.79 Å². The maximum absolute atomic E-state index is 12.1. The van der Waals surface area contributed by atoms with Crippen molar-refractivity contribution in [1.29, 1.82) is 0 Å². The van der Waals surface area contributed by atoms with Crippen LogP contribution in [0, 0.1) is 5.41 Å². The summed E-state index contributed by atoms with van der Waals surface area (Å²) in [7, 11) is 0. The highest BCUT2D eigenvalue weighted by molar-refractivity contribution is 5.79. The fourth-order valence-corrected chi connectivity index (χ4v) is 2.47. The Morgan fingerprint density at radius 3 is 2.48 bits per heavy atom. The highest BCUT2D eigenvalue weighted by atomic mass is 19.4. The van der Waals surface area contributed by atoms with Gasteiger partial charge in [0.25, 0.3) is 0 Å². The van der Waals surface area contributed by atoms with Gasteiger partial charge in [-0.25, -0.2) is 4.79 Å². The molecular weight excluding hydrogens is 341 g/mol. The van der Waals surface area contributed by atoms with Crippen molar-refractivity contribution >= 4 is 12.0 Å². The third-order valence-corrected chi connectivity index (χ3v) is 4.05. The molecule has 1 fully saturated rings. The minimum absolute atomic E-state index is 0.0872. The minimum atomic E-state index is -4.40. The van der Waals surface area contributed by atoms with E-state index in [0.717, 1.165) is 0 Å². The summed E-state index contributed by atoms with van der Waals surface area (Å²) in [6.07, 6.45) is -4.01. The number of alkyl halides is 3. The maximum atomic E-state index is 12.1. The summed E-state index contributed by atoms with van der Waals surface area (Å²) >= 11 is 0. The second-order valence-corrected chi connectivity index (χ2v) is 6.24. The number of likely N-dealkylation sites (tertiary alicyclic amines) is 1. The van der Waals surface area contributed by atoms with Crippen LogP contribution >= 0.6 is 0 Å². The van der Waals surface area contributed by atoms with E-state index in [4.69, 9.17) is 5.11 Å². The van der Waals surface area contributed by atoms with E-state index in [-0.39, 0.29) is 24.9 Å². The van der Waals surface area contributed by atoms with Crippen molar-refractivity contribution in [3.8, 4) is 5.75 Å². The number of nitrogens with one attached hydrogen (secondary N) is 1. The fraction of sp³-hybridized carbons (Fsp3) is 0.500. The number of carboxylic acids is 1. The maximum Gasteiger partial charge on any atom is 0.422 e. The smallest absolute Gasteiger partial charge is 0.422 e. The second-order valence-electron chi connectivity index (χ2n) is 6.24. The zero-order valence-electron chi connectivity index (χ0n) is 13.6. The number of halogens is 3. The van der Waals surface area contributed by atoms with Gasteiger partial charge in [0.2, 0.25) is 0 Å². The SMILES string of the molecule is CC1(C(=O)O)CCN(C(=O)NCc2ccc(OCC(F)(F)F)cc2)C1. The van der Waals surface area contributed by atoms with E-state index < -0.39 is 24.2 Å². The van der Waals surface area contributed by atoms with Crippen molar-refractivity contribution in [3.05, 3.63) is 29.8 Å². The minimum Gasteiger partial charge on any atom is -0.484 e. The number of rotatable bonds is 5. The van der Waals surface area contributed by atoms with Crippen LogP contribution in [0.3, 0.4) is 0 Å². The average Bonchev–Trinajstić information content (AvgIpc) is 2.95. The van der Waals surface area contributed by atoms with Crippen molar-refractivity contribution in [1.82, 2.24) is 10.2 Å². The van der Waals surface area contributed by atoms with Crippen LogP contribution < -0.4 is 10.1 Å². The van der Waals surface area contributed by atoms with Crippen LogP contribution in [0.25, 0.3) is 0 Å². The lowest BCUT2D eigenvalue weighted by molar-refractivity contribution is -0.153. The Labute approximate surface area is 142 Å². The summed E-state index contributed by atoms with van der Waals surface area (Å²) in [6.45, 7) is 0.915. The van der Waals surface area contributed by atoms with Crippen LogP contribution in [0.5, 0.6) is 5.75 Å². The van der Waals surface area contributed by atoms with Gasteiger partial charge in [-0.15, -0.1) is 0 Å². The lowest BCUT2D eigenvalue weighted by Crippen LogP contribution is -2.40. The van der Waals surface area contributed by atoms with E-state index in [9.17, 15) is 22.8 Å². The van der Waals surface area contributed by atoms with Crippen molar-refractivity contribution in [3.63, 3.8) is 0 Å². The highest BCUT2D eigenvalue weighted by Crippen LogP contribution is 2.30. The van der Waals surface area contributed by atoms with E-state index in [2.05, 4.69) is 10.1 Å². The number of carbonyl (C=O) groups excluding carboxylic acids is 1. The molecule has 2 rings (SSSR count). The van der Waals surface area contributed by atoms with Crippen LogP contribution in [0.4, 0.5) is 18.0 Å². The first-order valence-corrected chi connectivity index (χ1v) is 7.64. The Kier molecular flexibility index (Phi) is 5.44. The third kappa shape index (κ3) is 5.27. The van der Waals surface area contributed by atoms with Gasteiger partial charge in [0.15, 0.2) is 6.61 Å². The molecule has 25 heavy (non-hydrogen) atoms. The number of hydrogen-bond acceptors (Lipinski definition) is 3. The molecule has 1 saturated heterocycles. The van der Waals surface area contributed by atoms with Gasteiger partial charge in [-0.2, -0.15) is 13.2 Å². The molecular formula is C16H19F3N2O4. The molecule has 1 aromatic carbocycles. The number of aliphatic carboxylic acids is 1. The van der Waals surface area contributed by atoms with Crippen molar-refractivity contribution < 1.29 is 32.6 Å². The molecule has 0 saturated carbocycles. The van der Waals surface area contributed by atoms with Gasteiger partial charge in [-0.1, -0.05) is 12.1 Å². The van der Waals surface area contributed by atoms with Crippen LogP contribution in [0.1, 0.15) is 18.9 Å².